The number of rotatable bonds is 1. The zero-order chi connectivity index (χ0) is 9.42. The molecule has 0 N–H and O–H groups in total. The van der Waals surface area contributed by atoms with Crippen LogP contribution in [0.1, 0.15) is 15.5 Å². The minimum Gasteiger partial charge on any atom is -0.461 e. The van der Waals surface area contributed by atoms with Crippen molar-refractivity contribution in [3.8, 4) is 11.3 Å². The zero-order valence-electron chi connectivity index (χ0n) is 8.05. The number of furan rings is 1. The molecule has 2 aromatic rings. The van der Waals surface area contributed by atoms with Crippen molar-refractivity contribution in [2.45, 2.75) is 20.8 Å². The molecule has 0 fully saturated rings. The van der Waals surface area contributed by atoms with Crippen molar-refractivity contribution in [1.29, 1.82) is 0 Å². The average molecular weight is 192 g/mol. The van der Waals surface area contributed by atoms with Crippen molar-refractivity contribution < 1.29 is 4.42 Å². The van der Waals surface area contributed by atoms with Crippen LogP contribution in [0.2, 0.25) is 0 Å². The Balaban J connectivity index is 2.51. The molecule has 1 nitrogen and oxygen atoms in total. The standard InChI is InChI=1S/C11H12OS/c1-7-4-5-11(12-7)10-6-8(2)13-9(10)3/h4-6H,1-3H3. The Hall–Kier alpha value is -1.02. The molecule has 2 heterocycles. The van der Waals surface area contributed by atoms with Crippen LogP contribution in [0.3, 0.4) is 0 Å². The van der Waals surface area contributed by atoms with Crippen LogP contribution in [0.5, 0.6) is 0 Å². The van der Waals surface area contributed by atoms with Crippen molar-refractivity contribution in [3.63, 3.8) is 0 Å². The van der Waals surface area contributed by atoms with Crippen molar-refractivity contribution in [1.82, 2.24) is 0 Å². The third-order valence-corrected chi connectivity index (χ3v) is 3.01. The Bertz CT molecular complexity index is 423. The van der Waals surface area contributed by atoms with Crippen LogP contribution in [0.25, 0.3) is 11.3 Å². The van der Waals surface area contributed by atoms with E-state index in [1.165, 1.54) is 15.3 Å². The molecule has 0 saturated heterocycles. The first-order valence-corrected chi connectivity index (χ1v) is 5.12. The van der Waals surface area contributed by atoms with E-state index in [0.717, 1.165) is 11.5 Å². The second kappa shape index (κ2) is 3.04. The first-order chi connectivity index (χ1) is 6.16. The SMILES string of the molecule is Cc1ccc(-c2cc(C)sc2C)o1. The van der Waals surface area contributed by atoms with Crippen LogP contribution in [0.15, 0.2) is 22.6 Å². The summed E-state index contributed by atoms with van der Waals surface area (Å²) in [7, 11) is 0. The molecule has 0 unspecified atom stereocenters. The van der Waals surface area contributed by atoms with Gasteiger partial charge in [0, 0.05) is 15.3 Å². The average Bonchev–Trinajstić information content (AvgIpc) is 2.58. The van der Waals surface area contributed by atoms with E-state index in [0.29, 0.717) is 0 Å². The molecule has 0 aliphatic rings. The van der Waals surface area contributed by atoms with Gasteiger partial charge in [-0.05, 0) is 39.0 Å². The molecule has 13 heavy (non-hydrogen) atoms. The Kier molecular flexibility index (Phi) is 2.00. The van der Waals surface area contributed by atoms with Crippen LogP contribution in [-0.2, 0) is 0 Å². The molecule has 0 bridgehead atoms. The van der Waals surface area contributed by atoms with E-state index in [2.05, 4.69) is 19.9 Å². The highest BCUT2D eigenvalue weighted by atomic mass is 32.1. The molecule has 2 aromatic heterocycles. The zero-order valence-corrected chi connectivity index (χ0v) is 8.87. The van der Waals surface area contributed by atoms with Gasteiger partial charge in [-0.1, -0.05) is 0 Å². The van der Waals surface area contributed by atoms with Gasteiger partial charge in [-0.15, -0.1) is 11.3 Å². The van der Waals surface area contributed by atoms with E-state index in [1.807, 2.05) is 30.4 Å². The lowest BCUT2D eigenvalue weighted by Gasteiger charge is -1.92. The molecule has 0 radical (unpaired) electrons. The number of hydrogen-bond donors (Lipinski definition) is 0. The topological polar surface area (TPSA) is 13.1 Å². The molecule has 0 aliphatic heterocycles. The van der Waals surface area contributed by atoms with Crippen LogP contribution in [0, 0.1) is 20.8 Å². The van der Waals surface area contributed by atoms with Crippen molar-refractivity contribution in [2.24, 2.45) is 0 Å². The molecule has 0 amide bonds. The normalized spacial score (nSPS) is 10.7. The van der Waals surface area contributed by atoms with Crippen LogP contribution in [0.4, 0.5) is 0 Å². The van der Waals surface area contributed by atoms with Gasteiger partial charge >= 0.3 is 0 Å². The third kappa shape index (κ3) is 1.54. The van der Waals surface area contributed by atoms with Gasteiger partial charge in [0.05, 0.1) is 0 Å². The summed E-state index contributed by atoms with van der Waals surface area (Å²) in [5, 5.41) is 0. The summed E-state index contributed by atoms with van der Waals surface area (Å²) < 4.78 is 5.57. The fraction of sp³-hybridized carbons (Fsp3) is 0.273. The van der Waals surface area contributed by atoms with Crippen LogP contribution >= 0.6 is 11.3 Å². The third-order valence-electron chi connectivity index (χ3n) is 2.05. The maximum absolute atomic E-state index is 5.57. The quantitative estimate of drug-likeness (QED) is 0.667. The fourth-order valence-electron chi connectivity index (χ4n) is 1.45. The summed E-state index contributed by atoms with van der Waals surface area (Å²) in [6.07, 6.45) is 0. The Morgan fingerprint density at radius 3 is 2.38 bits per heavy atom. The predicted octanol–water partition coefficient (Wildman–Crippen LogP) is 3.93. The van der Waals surface area contributed by atoms with Gasteiger partial charge in [-0.3, -0.25) is 0 Å². The van der Waals surface area contributed by atoms with Gasteiger partial charge in [0.1, 0.15) is 11.5 Å². The van der Waals surface area contributed by atoms with E-state index >= 15 is 0 Å². The summed E-state index contributed by atoms with van der Waals surface area (Å²) in [6, 6.07) is 6.21. The molecule has 0 aliphatic carbocycles. The summed E-state index contributed by atoms with van der Waals surface area (Å²) in [5.41, 5.74) is 1.23. The Morgan fingerprint density at radius 1 is 1.15 bits per heavy atom. The van der Waals surface area contributed by atoms with Crippen molar-refractivity contribution in [3.05, 3.63) is 33.7 Å². The first kappa shape index (κ1) is 8.57. The van der Waals surface area contributed by atoms with E-state index in [9.17, 15) is 0 Å². The summed E-state index contributed by atoms with van der Waals surface area (Å²) in [4.78, 5) is 2.66. The molecular formula is C11H12OS. The molecule has 68 valence electrons. The van der Waals surface area contributed by atoms with Gasteiger partial charge in [-0.25, -0.2) is 0 Å². The highest BCUT2D eigenvalue weighted by molar-refractivity contribution is 7.12. The van der Waals surface area contributed by atoms with Crippen molar-refractivity contribution >= 4 is 11.3 Å². The minimum absolute atomic E-state index is 0.971. The predicted molar refractivity (Wildman–Crippen MR) is 56.2 cm³/mol. The van der Waals surface area contributed by atoms with E-state index < -0.39 is 0 Å². The molecule has 2 rings (SSSR count). The minimum atomic E-state index is 0.971. The maximum atomic E-state index is 5.57. The largest absolute Gasteiger partial charge is 0.461 e. The van der Waals surface area contributed by atoms with Gasteiger partial charge in [0.15, 0.2) is 0 Å². The van der Waals surface area contributed by atoms with Crippen molar-refractivity contribution in [2.75, 3.05) is 0 Å². The first-order valence-electron chi connectivity index (χ1n) is 4.30. The highest BCUT2D eigenvalue weighted by Crippen LogP contribution is 2.31. The number of thiophene rings is 1. The summed E-state index contributed by atoms with van der Waals surface area (Å²) in [5.74, 6) is 1.96. The maximum Gasteiger partial charge on any atom is 0.135 e. The lowest BCUT2D eigenvalue weighted by atomic mass is 10.2. The highest BCUT2D eigenvalue weighted by Gasteiger charge is 2.08. The van der Waals surface area contributed by atoms with Gasteiger partial charge in [0.25, 0.3) is 0 Å². The summed E-state index contributed by atoms with van der Waals surface area (Å²) in [6.45, 7) is 6.22. The molecule has 0 saturated carbocycles. The summed E-state index contributed by atoms with van der Waals surface area (Å²) >= 11 is 1.81. The van der Waals surface area contributed by atoms with Gasteiger partial charge in [0.2, 0.25) is 0 Å². The lowest BCUT2D eigenvalue weighted by Crippen LogP contribution is -1.70. The second-order valence-corrected chi connectivity index (χ2v) is 4.70. The van der Waals surface area contributed by atoms with Crippen LogP contribution < -0.4 is 0 Å². The van der Waals surface area contributed by atoms with E-state index in [-0.39, 0.29) is 0 Å². The van der Waals surface area contributed by atoms with Gasteiger partial charge in [-0.2, -0.15) is 0 Å². The molecule has 0 spiro atoms. The van der Waals surface area contributed by atoms with Gasteiger partial charge < -0.3 is 4.42 Å². The molecule has 0 atom stereocenters. The van der Waals surface area contributed by atoms with E-state index in [4.69, 9.17) is 4.42 Å². The number of aryl methyl sites for hydroxylation is 3. The fourth-order valence-corrected chi connectivity index (χ4v) is 2.38. The number of hydrogen-bond acceptors (Lipinski definition) is 2. The monoisotopic (exact) mass is 192 g/mol. The van der Waals surface area contributed by atoms with Crippen LogP contribution in [-0.4, -0.2) is 0 Å². The van der Waals surface area contributed by atoms with E-state index in [1.54, 1.807) is 0 Å². The molecule has 0 aromatic carbocycles. The Morgan fingerprint density at radius 2 is 1.92 bits per heavy atom. The molecule has 2 heteroatoms. The lowest BCUT2D eigenvalue weighted by molar-refractivity contribution is 0.548. The Labute approximate surface area is 82.0 Å². The molecular weight excluding hydrogens is 180 g/mol. The smallest absolute Gasteiger partial charge is 0.135 e. The second-order valence-electron chi connectivity index (χ2n) is 3.24.